The third-order valence-corrected chi connectivity index (χ3v) is 6.63. The first kappa shape index (κ1) is 23.9. The maximum Gasteiger partial charge on any atom is 0.405 e. The van der Waals surface area contributed by atoms with Crippen LogP contribution in [0.3, 0.4) is 0 Å². The van der Waals surface area contributed by atoms with E-state index >= 15 is 0 Å². The molecule has 170 valence electrons. The predicted molar refractivity (Wildman–Crippen MR) is 125 cm³/mol. The van der Waals surface area contributed by atoms with Gasteiger partial charge in [-0.15, -0.1) is 11.8 Å². The van der Waals surface area contributed by atoms with Crippen LogP contribution in [-0.2, 0) is 11.3 Å². The van der Waals surface area contributed by atoms with Gasteiger partial charge in [0.2, 0.25) is 5.91 Å². The Balaban J connectivity index is 2.00. The molecule has 0 radical (unpaired) electrons. The van der Waals surface area contributed by atoms with Crippen LogP contribution in [0, 0.1) is 5.92 Å². The van der Waals surface area contributed by atoms with Crippen molar-refractivity contribution in [3.63, 3.8) is 0 Å². The third kappa shape index (κ3) is 5.73. The highest BCUT2D eigenvalue weighted by molar-refractivity contribution is 7.99. The molecule has 0 bridgehead atoms. The zero-order valence-electron chi connectivity index (χ0n) is 17.7. The van der Waals surface area contributed by atoms with Crippen molar-refractivity contribution in [2.75, 3.05) is 10.7 Å². The van der Waals surface area contributed by atoms with Crippen molar-refractivity contribution < 1.29 is 19.5 Å². The predicted octanol–water partition coefficient (Wildman–Crippen LogP) is 3.63. The van der Waals surface area contributed by atoms with Crippen LogP contribution in [0.4, 0.5) is 10.5 Å². The number of nitrogens with one attached hydrogen (secondary N) is 2. The Morgan fingerprint density at radius 3 is 2.56 bits per heavy atom. The van der Waals surface area contributed by atoms with Crippen molar-refractivity contribution in [2.24, 2.45) is 11.8 Å². The van der Waals surface area contributed by atoms with Crippen molar-refractivity contribution in [3.8, 4) is 0 Å². The van der Waals surface area contributed by atoms with E-state index in [0.717, 1.165) is 10.5 Å². The van der Waals surface area contributed by atoms with Crippen molar-refractivity contribution in [1.29, 1.82) is 0 Å². The van der Waals surface area contributed by atoms with E-state index in [1.807, 2.05) is 12.1 Å². The van der Waals surface area contributed by atoms with Crippen LogP contribution in [0.1, 0.15) is 36.2 Å². The van der Waals surface area contributed by atoms with Gasteiger partial charge in [0.05, 0.1) is 18.2 Å². The van der Waals surface area contributed by atoms with Crippen molar-refractivity contribution in [1.82, 2.24) is 10.7 Å². The fraction of sp³-hybridized carbons (Fsp3) is 0.318. The summed E-state index contributed by atoms with van der Waals surface area (Å²) in [5.74, 6) is 4.74. The van der Waals surface area contributed by atoms with Crippen LogP contribution in [0.5, 0.6) is 0 Å². The number of thioether (sulfide) groups is 1. The van der Waals surface area contributed by atoms with E-state index in [0.29, 0.717) is 28.4 Å². The quantitative estimate of drug-likeness (QED) is 0.286. The fourth-order valence-electron chi connectivity index (χ4n) is 3.71. The lowest BCUT2D eigenvalue weighted by Gasteiger charge is -2.31. The maximum atomic E-state index is 13.7. The van der Waals surface area contributed by atoms with Crippen molar-refractivity contribution in [2.45, 2.75) is 37.2 Å². The molecular weight excluding hydrogens is 452 g/mol. The van der Waals surface area contributed by atoms with Gasteiger partial charge in [-0.3, -0.25) is 15.0 Å². The topological polar surface area (TPSA) is 125 Å². The minimum atomic E-state index is -1.14. The first-order chi connectivity index (χ1) is 15.1. The molecule has 8 nitrogen and oxygen atoms in total. The van der Waals surface area contributed by atoms with Gasteiger partial charge in [0.1, 0.15) is 0 Å². The Bertz CT molecular complexity index is 1030. The van der Waals surface area contributed by atoms with Crippen LogP contribution in [-0.4, -0.2) is 34.3 Å². The molecule has 2 aromatic carbocycles. The second-order valence-corrected chi connectivity index (χ2v) is 9.73. The van der Waals surface area contributed by atoms with Crippen molar-refractivity contribution in [3.05, 3.63) is 58.6 Å². The summed E-state index contributed by atoms with van der Waals surface area (Å²) in [5.41, 5.74) is 3.15. The average Bonchev–Trinajstić information content (AvgIpc) is 2.85. The Hall–Kier alpha value is -2.75. The van der Waals surface area contributed by atoms with Gasteiger partial charge in [0, 0.05) is 26.8 Å². The van der Waals surface area contributed by atoms with Gasteiger partial charge in [0.15, 0.2) is 0 Å². The number of carboxylic acid groups (broad SMARTS) is 1. The maximum absolute atomic E-state index is 13.7. The largest absolute Gasteiger partial charge is 0.465 e. The summed E-state index contributed by atoms with van der Waals surface area (Å²) in [7, 11) is 0. The Morgan fingerprint density at radius 2 is 1.94 bits per heavy atom. The highest BCUT2D eigenvalue weighted by Gasteiger charge is 2.35. The summed E-state index contributed by atoms with van der Waals surface area (Å²) in [6.45, 7) is 3.79. The Kier molecular flexibility index (Phi) is 7.33. The van der Waals surface area contributed by atoms with E-state index in [1.165, 1.54) is 11.8 Å². The SMILES string of the molecule is CC(C)(C[C@H]1CSc2ccc(C(=O)NN)cc2N(Cc2ccc(Cl)cc2)C1=O)NC(=O)O. The van der Waals surface area contributed by atoms with Gasteiger partial charge in [-0.1, -0.05) is 23.7 Å². The van der Waals surface area contributed by atoms with Gasteiger partial charge in [-0.25, -0.2) is 10.6 Å². The molecule has 0 spiro atoms. The molecule has 2 aromatic rings. The molecule has 1 heterocycles. The zero-order chi connectivity index (χ0) is 23.5. The van der Waals surface area contributed by atoms with Gasteiger partial charge in [-0.05, 0) is 56.2 Å². The summed E-state index contributed by atoms with van der Waals surface area (Å²) in [4.78, 5) is 39.5. The number of carbonyl (C=O) groups excluding carboxylic acids is 2. The van der Waals surface area contributed by atoms with E-state index < -0.39 is 23.5 Å². The molecule has 3 amide bonds. The lowest BCUT2D eigenvalue weighted by molar-refractivity contribution is -0.122. The smallest absolute Gasteiger partial charge is 0.405 e. The number of carbonyl (C=O) groups is 3. The van der Waals surface area contributed by atoms with Crippen LogP contribution < -0.4 is 21.5 Å². The number of fused-ring (bicyclic) bond motifs is 1. The molecule has 5 N–H and O–H groups in total. The van der Waals surface area contributed by atoms with E-state index in [9.17, 15) is 14.4 Å². The highest BCUT2D eigenvalue weighted by atomic mass is 35.5. The minimum absolute atomic E-state index is 0.142. The number of amides is 3. The molecule has 0 saturated carbocycles. The molecule has 1 aliphatic rings. The number of halogens is 1. The summed E-state index contributed by atoms with van der Waals surface area (Å²) < 4.78 is 0. The van der Waals surface area contributed by atoms with Crippen LogP contribution >= 0.6 is 23.4 Å². The van der Waals surface area contributed by atoms with Crippen LogP contribution in [0.15, 0.2) is 47.4 Å². The number of rotatable bonds is 6. The second kappa shape index (κ2) is 9.81. The first-order valence-corrected chi connectivity index (χ1v) is 11.3. The van der Waals surface area contributed by atoms with Gasteiger partial charge in [-0.2, -0.15) is 0 Å². The van der Waals surface area contributed by atoms with E-state index in [-0.39, 0.29) is 12.5 Å². The molecule has 0 aromatic heterocycles. The van der Waals surface area contributed by atoms with E-state index in [4.69, 9.17) is 22.6 Å². The number of hydrogen-bond donors (Lipinski definition) is 4. The van der Waals surface area contributed by atoms with E-state index in [1.54, 1.807) is 49.1 Å². The normalized spacial score (nSPS) is 16.2. The molecule has 0 saturated heterocycles. The van der Waals surface area contributed by atoms with Crippen LogP contribution in [0.25, 0.3) is 0 Å². The highest BCUT2D eigenvalue weighted by Crippen LogP contribution is 2.39. The fourth-order valence-corrected chi connectivity index (χ4v) is 4.96. The molecular formula is C22H25ClN4O4S. The molecule has 1 atom stereocenters. The van der Waals surface area contributed by atoms with Gasteiger partial charge in [0.25, 0.3) is 5.91 Å². The number of anilines is 1. The number of hydrazine groups is 1. The summed E-state index contributed by atoms with van der Waals surface area (Å²) >= 11 is 7.51. The molecule has 0 aliphatic carbocycles. The Morgan fingerprint density at radius 1 is 1.25 bits per heavy atom. The third-order valence-electron chi connectivity index (χ3n) is 5.15. The molecule has 0 unspecified atom stereocenters. The average molecular weight is 477 g/mol. The summed E-state index contributed by atoms with van der Waals surface area (Å²) in [6, 6.07) is 12.3. The molecule has 3 rings (SSSR count). The number of benzene rings is 2. The van der Waals surface area contributed by atoms with Crippen LogP contribution in [0.2, 0.25) is 5.02 Å². The number of nitrogen functional groups attached to an aromatic ring is 1. The second-order valence-electron chi connectivity index (χ2n) is 8.23. The number of hydrogen-bond acceptors (Lipinski definition) is 5. The zero-order valence-corrected chi connectivity index (χ0v) is 19.3. The minimum Gasteiger partial charge on any atom is -0.465 e. The first-order valence-electron chi connectivity index (χ1n) is 9.94. The molecule has 0 fully saturated rings. The summed E-state index contributed by atoms with van der Waals surface area (Å²) in [5, 5.41) is 12.2. The molecule has 32 heavy (non-hydrogen) atoms. The molecule has 10 heteroatoms. The standard InChI is InChI=1S/C22H25ClN4O4S/c1-22(2,25-21(30)31)10-15-12-32-18-8-5-14(19(28)26-24)9-17(18)27(20(15)29)11-13-3-6-16(23)7-4-13/h3-9,15,25H,10-12,24H2,1-2H3,(H,26,28)(H,30,31)/t15-/m0/s1. The van der Waals surface area contributed by atoms with Crippen molar-refractivity contribution >= 4 is 47.0 Å². The lowest BCUT2D eigenvalue weighted by atomic mass is 9.90. The van der Waals surface area contributed by atoms with Gasteiger partial charge >= 0.3 is 6.09 Å². The molecule has 1 aliphatic heterocycles. The monoisotopic (exact) mass is 476 g/mol. The van der Waals surface area contributed by atoms with E-state index in [2.05, 4.69) is 10.7 Å². The number of nitrogens with two attached hydrogens (primary N) is 1. The lowest BCUT2D eigenvalue weighted by Crippen LogP contribution is -2.47. The summed E-state index contributed by atoms with van der Waals surface area (Å²) in [6.07, 6.45) is -0.811. The Labute approximate surface area is 195 Å². The van der Waals surface area contributed by atoms with Gasteiger partial charge < -0.3 is 15.3 Å². The number of nitrogens with zero attached hydrogens (tertiary/aromatic N) is 1.